The topological polar surface area (TPSA) is 91.8 Å². The molecule has 4 aliphatic rings. The van der Waals surface area contributed by atoms with Crippen molar-refractivity contribution < 1.29 is 23.1 Å². The first-order valence-electron chi connectivity index (χ1n) is 7.60. The average molecular weight is 313 g/mol. The molecule has 2 saturated carbocycles. The molecule has 0 radical (unpaired) electrons. The Bertz CT molecular complexity index is 621. The Morgan fingerprint density at radius 1 is 1.14 bits per heavy atom. The number of fused-ring (bicyclic) bond motifs is 1. The maximum Gasteiger partial charge on any atom is 0.308 e. The third-order valence-corrected chi connectivity index (χ3v) is 8.67. The molecule has 0 aromatic rings. The zero-order chi connectivity index (χ0) is 15.0. The second-order valence-corrected chi connectivity index (χ2v) is 9.55. The summed E-state index contributed by atoms with van der Waals surface area (Å²) in [6.07, 6.45) is 3.32. The normalized spacial score (nSPS) is 41.6. The average Bonchev–Trinajstić information content (AvgIpc) is 2.90. The van der Waals surface area contributed by atoms with Crippen LogP contribution < -0.4 is 0 Å². The van der Waals surface area contributed by atoms with Crippen molar-refractivity contribution in [2.75, 3.05) is 18.8 Å². The van der Waals surface area contributed by atoms with Gasteiger partial charge < -0.3 is 10.0 Å². The lowest BCUT2D eigenvalue weighted by Gasteiger charge is -2.49. The molecule has 6 nitrogen and oxygen atoms in total. The van der Waals surface area contributed by atoms with Gasteiger partial charge in [0.2, 0.25) is 5.91 Å². The van der Waals surface area contributed by atoms with E-state index in [9.17, 15) is 23.1 Å². The van der Waals surface area contributed by atoms with Gasteiger partial charge >= 0.3 is 5.97 Å². The van der Waals surface area contributed by atoms with E-state index in [1.165, 1.54) is 0 Å². The van der Waals surface area contributed by atoms with Crippen LogP contribution in [0, 0.1) is 23.7 Å². The molecule has 0 aromatic carbocycles. The second-order valence-electron chi connectivity index (χ2n) is 7.10. The molecular formula is C14H19NO5S. The molecule has 0 bridgehead atoms. The van der Waals surface area contributed by atoms with Gasteiger partial charge in [0.1, 0.15) is 4.75 Å². The van der Waals surface area contributed by atoms with Crippen LogP contribution in [-0.4, -0.2) is 53.9 Å². The molecule has 4 atom stereocenters. The number of amides is 1. The number of carboxylic acid groups (broad SMARTS) is 1. The molecule has 2 aliphatic carbocycles. The van der Waals surface area contributed by atoms with E-state index >= 15 is 0 Å². The summed E-state index contributed by atoms with van der Waals surface area (Å²) in [6, 6.07) is 0. The Kier molecular flexibility index (Phi) is 2.58. The summed E-state index contributed by atoms with van der Waals surface area (Å²) in [6.45, 7) is 0.165. The van der Waals surface area contributed by atoms with E-state index in [0.717, 1.165) is 19.3 Å². The minimum absolute atomic E-state index is 0.0527. The van der Waals surface area contributed by atoms with E-state index in [4.69, 9.17) is 0 Å². The first-order valence-corrected chi connectivity index (χ1v) is 9.25. The maximum absolute atomic E-state index is 12.5. The number of nitrogens with zero attached hydrogens (tertiary/aromatic N) is 1. The van der Waals surface area contributed by atoms with E-state index in [1.807, 2.05) is 0 Å². The molecular weight excluding hydrogens is 294 g/mol. The Morgan fingerprint density at radius 3 is 2.38 bits per heavy atom. The predicted molar refractivity (Wildman–Crippen MR) is 73.2 cm³/mol. The highest BCUT2D eigenvalue weighted by molar-refractivity contribution is 7.93. The molecule has 7 heteroatoms. The maximum atomic E-state index is 12.5. The van der Waals surface area contributed by atoms with Crippen LogP contribution in [0.2, 0.25) is 0 Å². The lowest BCUT2D eigenvalue weighted by Crippen LogP contribution is -2.70. The summed E-state index contributed by atoms with van der Waals surface area (Å²) in [7, 11) is -3.41. The second kappa shape index (κ2) is 4.00. The van der Waals surface area contributed by atoms with E-state index in [0.29, 0.717) is 11.8 Å². The van der Waals surface area contributed by atoms with E-state index in [1.54, 1.807) is 4.90 Å². The lowest BCUT2D eigenvalue weighted by molar-refractivity contribution is -0.151. The number of carboxylic acids is 1. The molecule has 4 fully saturated rings. The first-order chi connectivity index (χ1) is 9.86. The van der Waals surface area contributed by atoms with Gasteiger partial charge in [0.15, 0.2) is 9.84 Å². The van der Waals surface area contributed by atoms with Gasteiger partial charge in [0, 0.05) is 19.0 Å². The van der Waals surface area contributed by atoms with Crippen LogP contribution in [0.3, 0.4) is 0 Å². The predicted octanol–water partition coefficient (Wildman–Crippen LogP) is 0.133. The van der Waals surface area contributed by atoms with Crippen molar-refractivity contribution in [3.8, 4) is 0 Å². The molecule has 1 unspecified atom stereocenters. The summed E-state index contributed by atoms with van der Waals surface area (Å²) in [5.41, 5.74) is 0. The summed E-state index contributed by atoms with van der Waals surface area (Å²) >= 11 is 0. The van der Waals surface area contributed by atoms with Crippen molar-refractivity contribution in [1.29, 1.82) is 0 Å². The summed E-state index contributed by atoms with van der Waals surface area (Å²) < 4.78 is 23.3. The number of aliphatic carboxylic acids is 1. The van der Waals surface area contributed by atoms with Crippen LogP contribution >= 0.6 is 0 Å². The van der Waals surface area contributed by atoms with Crippen molar-refractivity contribution >= 4 is 21.7 Å². The number of carbonyl (C=O) groups is 2. The monoisotopic (exact) mass is 313 g/mol. The van der Waals surface area contributed by atoms with Crippen LogP contribution in [0.25, 0.3) is 0 Å². The smallest absolute Gasteiger partial charge is 0.308 e. The number of carbonyl (C=O) groups excluding carboxylic acids is 1. The fraction of sp³-hybridized carbons (Fsp3) is 0.857. The van der Waals surface area contributed by atoms with Gasteiger partial charge in [0.05, 0.1) is 11.7 Å². The molecule has 1 amide bonds. The molecule has 2 heterocycles. The molecule has 4 rings (SSSR count). The van der Waals surface area contributed by atoms with Crippen LogP contribution in [0.15, 0.2) is 0 Å². The largest absolute Gasteiger partial charge is 0.481 e. The zero-order valence-corrected chi connectivity index (χ0v) is 12.5. The number of rotatable bonds is 2. The molecule has 2 aliphatic heterocycles. The lowest BCUT2D eigenvalue weighted by atomic mass is 9.82. The summed E-state index contributed by atoms with van der Waals surface area (Å²) in [4.78, 5) is 25.4. The van der Waals surface area contributed by atoms with Gasteiger partial charge in [-0.3, -0.25) is 9.59 Å². The van der Waals surface area contributed by atoms with E-state index < -0.39 is 26.5 Å². The number of likely N-dealkylation sites (tertiary alicyclic amines) is 1. The Balaban J connectivity index is 1.52. The SMILES string of the molecule is O=C(O)C1CCS(=O)(=O)C12CN(C(=O)[C@@H]1CC[C@@H]3C[C@@H]31)C2. The summed E-state index contributed by atoms with van der Waals surface area (Å²) in [5, 5.41) is 9.26. The van der Waals surface area contributed by atoms with Gasteiger partial charge in [-0.2, -0.15) is 0 Å². The molecule has 1 N–H and O–H groups in total. The van der Waals surface area contributed by atoms with Crippen molar-refractivity contribution in [3.63, 3.8) is 0 Å². The van der Waals surface area contributed by atoms with Crippen LogP contribution in [-0.2, 0) is 19.4 Å². The molecule has 1 spiro atoms. The van der Waals surface area contributed by atoms with Crippen LogP contribution in [0.1, 0.15) is 25.7 Å². The van der Waals surface area contributed by atoms with Crippen molar-refractivity contribution in [1.82, 2.24) is 4.90 Å². The van der Waals surface area contributed by atoms with Crippen molar-refractivity contribution in [2.24, 2.45) is 23.7 Å². The van der Waals surface area contributed by atoms with Crippen LogP contribution in [0.5, 0.6) is 0 Å². The van der Waals surface area contributed by atoms with E-state index in [-0.39, 0.29) is 37.1 Å². The third-order valence-electron chi connectivity index (χ3n) is 6.12. The highest BCUT2D eigenvalue weighted by atomic mass is 32.2. The molecule has 116 valence electrons. The van der Waals surface area contributed by atoms with Crippen molar-refractivity contribution in [2.45, 2.75) is 30.4 Å². The van der Waals surface area contributed by atoms with E-state index in [2.05, 4.69) is 0 Å². The highest BCUT2D eigenvalue weighted by Gasteiger charge is 2.66. The Hall–Kier alpha value is -1.11. The number of sulfone groups is 1. The quantitative estimate of drug-likeness (QED) is 0.782. The Morgan fingerprint density at radius 2 is 1.86 bits per heavy atom. The standard InChI is InChI=1S/C14H19NO5S/c16-12(9-2-1-8-5-10(8)9)15-6-14(7-15)11(13(17)18)3-4-21(14,19)20/h8-11H,1-7H2,(H,17,18)/t8-,9-,10+,11?/m1/s1. The molecule has 21 heavy (non-hydrogen) atoms. The third kappa shape index (κ3) is 1.67. The minimum atomic E-state index is -3.41. The van der Waals surface area contributed by atoms with Gasteiger partial charge in [-0.1, -0.05) is 0 Å². The highest BCUT2D eigenvalue weighted by Crippen LogP contribution is 2.56. The van der Waals surface area contributed by atoms with Gasteiger partial charge in [0.25, 0.3) is 0 Å². The summed E-state index contributed by atoms with van der Waals surface area (Å²) in [5.74, 6) is -0.660. The van der Waals surface area contributed by atoms with Gasteiger partial charge in [-0.05, 0) is 37.5 Å². The fourth-order valence-corrected chi connectivity index (χ4v) is 7.03. The first kappa shape index (κ1) is 13.5. The van der Waals surface area contributed by atoms with Gasteiger partial charge in [-0.15, -0.1) is 0 Å². The fourth-order valence-electron chi connectivity index (χ4n) is 4.72. The Labute approximate surface area is 123 Å². The molecule has 2 saturated heterocycles. The van der Waals surface area contributed by atoms with Crippen LogP contribution in [0.4, 0.5) is 0 Å². The zero-order valence-electron chi connectivity index (χ0n) is 11.7. The minimum Gasteiger partial charge on any atom is -0.481 e. The van der Waals surface area contributed by atoms with Crippen molar-refractivity contribution in [3.05, 3.63) is 0 Å². The van der Waals surface area contributed by atoms with Gasteiger partial charge in [-0.25, -0.2) is 8.42 Å². The number of hydrogen-bond donors (Lipinski definition) is 1. The number of hydrogen-bond acceptors (Lipinski definition) is 4. The molecule has 0 aromatic heterocycles.